The van der Waals surface area contributed by atoms with Gasteiger partial charge in [0.1, 0.15) is 0 Å². The molecule has 0 radical (unpaired) electrons. The van der Waals surface area contributed by atoms with Gasteiger partial charge in [-0.15, -0.1) is 5.10 Å². The van der Waals surface area contributed by atoms with Crippen molar-refractivity contribution in [3.05, 3.63) is 48.2 Å². The van der Waals surface area contributed by atoms with Crippen molar-refractivity contribution in [3.63, 3.8) is 0 Å². The highest BCUT2D eigenvalue weighted by Gasteiger charge is 2.21. The highest BCUT2D eigenvalue weighted by molar-refractivity contribution is 5.54. The number of nitrogens with one attached hydrogen (secondary N) is 1. The van der Waals surface area contributed by atoms with Crippen molar-refractivity contribution in [1.29, 1.82) is 0 Å². The molecule has 1 N–H and O–H groups in total. The van der Waals surface area contributed by atoms with E-state index >= 15 is 0 Å². The molecule has 6 nitrogen and oxygen atoms in total. The van der Waals surface area contributed by atoms with Crippen LogP contribution in [0.2, 0.25) is 0 Å². The second-order valence-electron chi connectivity index (χ2n) is 6.98. The molecule has 2 aliphatic rings. The van der Waals surface area contributed by atoms with Crippen molar-refractivity contribution < 1.29 is 4.74 Å². The zero-order chi connectivity index (χ0) is 17.6. The van der Waals surface area contributed by atoms with Gasteiger partial charge in [-0.3, -0.25) is 0 Å². The smallest absolute Gasteiger partial charge is 0.151 e. The molecule has 2 aromatic rings. The van der Waals surface area contributed by atoms with Crippen molar-refractivity contribution in [2.24, 2.45) is 0 Å². The van der Waals surface area contributed by atoms with Gasteiger partial charge in [-0.05, 0) is 36.6 Å². The Bertz CT molecular complexity index is 690. The number of aromatic nitrogens is 2. The number of piperidine rings is 1. The van der Waals surface area contributed by atoms with Crippen LogP contribution in [0.15, 0.2) is 42.6 Å². The Hall–Kier alpha value is -2.18. The molecule has 26 heavy (non-hydrogen) atoms. The predicted molar refractivity (Wildman–Crippen MR) is 104 cm³/mol. The summed E-state index contributed by atoms with van der Waals surface area (Å²) in [6.45, 7) is 6.52. The van der Waals surface area contributed by atoms with Gasteiger partial charge in [-0.2, -0.15) is 5.10 Å². The van der Waals surface area contributed by atoms with Crippen LogP contribution in [-0.4, -0.2) is 55.6 Å². The fraction of sp³-hybridized carbons (Fsp3) is 0.500. The molecule has 1 aromatic carbocycles. The molecule has 1 aromatic heterocycles. The fourth-order valence-electron chi connectivity index (χ4n) is 3.84. The van der Waals surface area contributed by atoms with Crippen LogP contribution in [0.25, 0.3) is 0 Å². The van der Waals surface area contributed by atoms with E-state index in [1.54, 1.807) is 6.20 Å². The number of hydrogen-bond donors (Lipinski definition) is 1. The largest absolute Gasteiger partial charge is 0.378 e. The molecule has 1 atom stereocenters. The highest BCUT2D eigenvalue weighted by atomic mass is 16.5. The summed E-state index contributed by atoms with van der Waals surface area (Å²) < 4.78 is 5.50. The summed E-state index contributed by atoms with van der Waals surface area (Å²) in [5, 5.41) is 12.0. The van der Waals surface area contributed by atoms with Gasteiger partial charge >= 0.3 is 0 Å². The Balaban J connectivity index is 1.38. The number of para-hydroxylation sites is 1. The zero-order valence-electron chi connectivity index (χ0n) is 15.2. The molecular weight excluding hydrogens is 326 g/mol. The minimum atomic E-state index is 0.475. The molecule has 0 bridgehead atoms. The molecule has 3 heterocycles. The molecule has 2 aliphatic heterocycles. The summed E-state index contributed by atoms with van der Waals surface area (Å²) in [6, 6.07) is 13.2. The summed E-state index contributed by atoms with van der Waals surface area (Å²) >= 11 is 0. The first-order valence-electron chi connectivity index (χ1n) is 9.57. The lowest BCUT2D eigenvalue weighted by Crippen LogP contribution is -2.46. The summed E-state index contributed by atoms with van der Waals surface area (Å²) in [7, 11) is 0. The average molecular weight is 353 g/mol. The van der Waals surface area contributed by atoms with E-state index in [4.69, 9.17) is 4.74 Å². The first-order valence-corrected chi connectivity index (χ1v) is 9.57. The van der Waals surface area contributed by atoms with Crippen LogP contribution < -0.4 is 15.1 Å². The second kappa shape index (κ2) is 8.47. The number of morpholine rings is 1. The third kappa shape index (κ3) is 4.14. The van der Waals surface area contributed by atoms with Gasteiger partial charge in [0.15, 0.2) is 5.82 Å². The maximum Gasteiger partial charge on any atom is 0.151 e. The molecule has 2 fully saturated rings. The van der Waals surface area contributed by atoms with E-state index in [1.807, 2.05) is 12.1 Å². The van der Waals surface area contributed by atoms with Crippen LogP contribution >= 0.6 is 0 Å². The molecule has 0 unspecified atom stereocenters. The lowest BCUT2D eigenvalue weighted by atomic mass is 10.0. The van der Waals surface area contributed by atoms with E-state index in [-0.39, 0.29) is 0 Å². The Morgan fingerprint density at radius 1 is 1.04 bits per heavy atom. The van der Waals surface area contributed by atoms with Crippen molar-refractivity contribution in [2.75, 3.05) is 49.2 Å². The predicted octanol–water partition coefficient (Wildman–Crippen LogP) is 2.07. The topological polar surface area (TPSA) is 53.5 Å². The quantitative estimate of drug-likeness (QED) is 0.888. The minimum Gasteiger partial charge on any atom is -0.378 e. The first-order chi connectivity index (χ1) is 12.9. The average Bonchev–Trinajstić information content (AvgIpc) is 2.74. The molecule has 138 valence electrons. The third-order valence-corrected chi connectivity index (χ3v) is 5.23. The van der Waals surface area contributed by atoms with Crippen molar-refractivity contribution in [2.45, 2.75) is 25.4 Å². The first kappa shape index (κ1) is 17.2. The Labute approximate surface area is 155 Å². The number of hydrogen-bond acceptors (Lipinski definition) is 6. The van der Waals surface area contributed by atoms with Gasteiger partial charge in [-0.1, -0.05) is 18.2 Å². The standard InChI is InChI=1S/C20H27N5O/c1-2-7-19(24-11-13-26-14-12-24)17(5-1)15-21-18-6-4-10-25(16-18)20-8-3-9-22-23-20/h1-3,5,7-9,18,21H,4,6,10-16H2/t18-/m1/s1. The van der Waals surface area contributed by atoms with Crippen LogP contribution in [-0.2, 0) is 11.3 Å². The van der Waals surface area contributed by atoms with Gasteiger partial charge in [0.05, 0.1) is 13.2 Å². The summed E-state index contributed by atoms with van der Waals surface area (Å²) in [5.41, 5.74) is 2.70. The Morgan fingerprint density at radius 2 is 1.92 bits per heavy atom. The molecular formula is C20H27N5O. The second-order valence-corrected chi connectivity index (χ2v) is 6.98. The van der Waals surface area contributed by atoms with E-state index < -0.39 is 0 Å². The SMILES string of the molecule is c1cnnc(N2CCC[C@@H](NCc3ccccc3N3CCOCC3)C2)c1. The van der Waals surface area contributed by atoms with Crippen LogP contribution in [0.5, 0.6) is 0 Å². The van der Waals surface area contributed by atoms with Gasteiger partial charge in [0.2, 0.25) is 0 Å². The van der Waals surface area contributed by atoms with Gasteiger partial charge < -0.3 is 19.9 Å². The van der Waals surface area contributed by atoms with Crippen LogP contribution in [0, 0.1) is 0 Å². The third-order valence-electron chi connectivity index (χ3n) is 5.23. The summed E-state index contributed by atoms with van der Waals surface area (Å²) in [4.78, 5) is 4.77. The van der Waals surface area contributed by atoms with E-state index in [0.29, 0.717) is 6.04 Å². The number of anilines is 2. The summed E-state index contributed by atoms with van der Waals surface area (Å²) in [5.74, 6) is 0.979. The molecule has 0 aliphatic carbocycles. The number of rotatable bonds is 5. The molecule has 6 heteroatoms. The van der Waals surface area contributed by atoms with Gasteiger partial charge in [0.25, 0.3) is 0 Å². The maximum absolute atomic E-state index is 5.50. The van der Waals surface area contributed by atoms with E-state index in [2.05, 4.69) is 49.6 Å². The van der Waals surface area contributed by atoms with Crippen LogP contribution in [0.1, 0.15) is 18.4 Å². The van der Waals surface area contributed by atoms with Crippen molar-refractivity contribution in [1.82, 2.24) is 15.5 Å². The lowest BCUT2D eigenvalue weighted by Gasteiger charge is -2.34. The minimum absolute atomic E-state index is 0.475. The number of benzene rings is 1. The normalized spacial score (nSPS) is 21.0. The van der Waals surface area contributed by atoms with Crippen molar-refractivity contribution >= 4 is 11.5 Å². The van der Waals surface area contributed by atoms with Crippen molar-refractivity contribution in [3.8, 4) is 0 Å². The molecule has 0 saturated carbocycles. The zero-order valence-corrected chi connectivity index (χ0v) is 15.2. The summed E-state index contributed by atoms with van der Waals surface area (Å²) in [6.07, 6.45) is 4.11. The van der Waals surface area contributed by atoms with Crippen LogP contribution in [0.3, 0.4) is 0 Å². The fourth-order valence-corrected chi connectivity index (χ4v) is 3.84. The van der Waals surface area contributed by atoms with Gasteiger partial charge in [0, 0.05) is 50.6 Å². The van der Waals surface area contributed by atoms with Gasteiger partial charge in [-0.25, -0.2) is 0 Å². The molecule has 0 amide bonds. The monoisotopic (exact) mass is 353 g/mol. The molecule has 2 saturated heterocycles. The van der Waals surface area contributed by atoms with E-state index in [9.17, 15) is 0 Å². The Morgan fingerprint density at radius 3 is 2.77 bits per heavy atom. The highest BCUT2D eigenvalue weighted by Crippen LogP contribution is 2.22. The molecule has 4 rings (SSSR count). The lowest BCUT2D eigenvalue weighted by molar-refractivity contribution is 0.122. The van der Waals surface area contributed by atoms with E-state index in [1.165, 1.54) is 24.1 Å². The Kier molecular flexibility index (Phi) is 5.62. The number of nitrogens with zero attached hydrogens (tertiary/aromatic N) is 4. The maximum atomic E-state index is 5.50. The van der Waals surface area contributed by atoms with Crippen LogP contribution in [0.4, 0.5) is 11.5 Å². The number of ether oxygens (including phenoxy) is 1. The molecule has 0 spiro atoms. The van der Waals surface area contributed by atoms with E-state index in [0.717, 1.165) is 51.8 Å².